The van der Waals surface area contributed by atoms with Crippen LogP contribution in [0.2, 0.25) is 0 Å². The Morgan fingerprint density at radius 2 is 2.00 bits per heavy atom. The van der Waals surface area contributed by atoms with E-state index in [2.05, 4.69) is 0 Å². The Balaban J connectivity index is 1.92. The predicted octanol–water partition coefficient (Wildman–Crippen LogP) is 2.68. The van der Waals surface area contributed by atoms with Crippen LogP contribution >= 0.6 is 0 Å². The van der Waals surface area contributed by atoms with Gasteiger partial charge in [-0.2, -0.15) is 0 Å². The van der Waals surface area contributed by atoms with Crippen molar-refractivity contribution >= 4 is 16.7 Å². The molecule has 104 valence electrons. The van der Waals surface area contributed by atoms with Crippen molar-refractivity contribution in [1.29, 1.82) is 0 Å². The maximum atomic E-state index is 12.7. The lowest BCUT2D eigenvalue weighted by molar-refractivity contribution is 0.0622. The minimum atomic E-state index is 0.0833. The SMILES string of the molecule is O=C(c1cccc2ccccc12)N1CCCC(CO)C1. The molecule has 1 N–H and O–H groups in total. The van der Waals surface area contributed by atoms with Crippen molar-refractivity contribution in [2.24, 2.45) is 5.92 Å². The lowest BCUT2D eigenvalue weighted by Gasteiger charge is -2.32. The zero-order valence-electron chi connectivity index (χ0n) is 11.5. The molecule has 1 saturated heterocycles. The maximum Gasteiger partial charge on any atom is 0.254 e. The van der Waals surface area contributed by atoms with Crippen molar-refractivity contribution in [3.05, 3.63) is 48.0 Å². The van der Waals surface area contributed by atoms with Gasteiger partial charge in [-0.05, 0) is 35.6 Å². The molecule has 2 aromatic carbocycles. The number of rotatable bonds is 2. The molecular weight excluding hydrogens is 250 g/mol. The van der Waals surface area contributed by atoms with Crippen LogP contribution < -0.4 is 0 Å². The van der Waals surface area contributed by atoms with Gasteiger partial charge in [-0.3, -0.25) is 4.79 Å². The van der Waals surface area contributed by atoms with Crippen LogP contribution in [0.5, 0.6) is 0 Å². The Morgan fingerprint density at radius 1 is 1.20 bits per heavy atom. The van der Waals surface area contributed by atoms with E-state index in [4.69, 9.17) is 0 Å². The van der Waals surface area contributed by atoms with E-state index >= 15 is 0 Å². The van der Waals surface area contributed by atoms with Gasteiger partial charge in [0, 0.05) is 25.3 Å². The highest BCUT2D eigenvalue weighted by molar-refractivity contribution is 6.07. The molecule has 0 spiro atoms. The number of aliphatic hydroxyl groups is 1. The topological polar surface area (TPSA) is 40.5 Å². The fourth-order valence-electron chi connectivity index (χ4n) is 2.98. The molecule has 0 aromatic heterocycles. The highest BCUT2D eigenvalue weighted by Crippen LogP contribution is 2.23. The predicted molar refractivity (Wildman–Crippen MR) is 79.7 cm³/mol. The summed E-state index contributed by atoms with van der Waals surface area (Å²) in [6.45, 7) is 1.62. The molecule has 3 nitrogen and oxygen atoms in total. The zero-order chi connectivity index (χ0) is 13.9. The van der Waals surface area contributed by atoms with Gasteiger partial charge in [-0.15, -0.1) is 0 Å². The zero-order valence-corrected chi connectivity index (χ0v) is 11.5. The van der Waals surface area contributed by atoms with Gasteiger partial charge in [-0.1, -0.05) is 36.4 Å². The lowest BCUT2D eigenvalue weighted by Crippen LogP contribution is -2.41. The van der Waals surface area contributed by atoms with E-state index in [0.29, 0.717) is 6.54 Å². The molecule has 0 saturated carbocycles. The lowest BCUT2D eigenvalue weighted by atomic mass is 9.97. The molecule has 20 heavy (non-hydrogen) atoms. The number of benzene rings is 2. The second-order valence-corrected chi connectivity index (χ2v) is 5.47. The number of piperidine rings is 1. The van der Waals surface area contributed by atoms with Crippen LogP contribution in [0.4, 0.5) is 0 Å². The van der Waals surface area contributed by atoms with Crippen molar-refractivity contribution in [2.45, 2.75) is 12.8 Å². The van der Waals surface area contributed by atoms with Crippen molar-refractivity contribution in [3.63, 3.8) is 0 Å². The first-order valence-corrected chi connectivity index (χ1v) is 7.17. The summed E-state index contributed by atoms with van der Waals surface area (Å²) in [5.41, 5.74) is 0.765. The van der Waals surface area contributed by atoms with Gasteiger partial charge in [0.15, 0.2) is 0 Å². The van der Waals surface area contributed by atoms with Gasteiger partial charge in [0.05, 0.1) is 0 Å². The van der Waals surface area contributed by atoms with E-state index in [1.54, 1.807) is 0 Å². The Bertz CT molecular complexity index is 618. The number of hydrogen-bond acceptors (Lipinski definition) is 2. The van der Waals surface area contributed by atoms with E-state index in [1.165, 1.54) is 0 Å². The van der Waals surface area contributed by atoms with Crippen molar-refractivity contribution in [3.8, 4) is 0 Å². The summed E-state index contributed by atoms with van der Waals surface area (Å²) < 4.78 is 0. The Labute approximate surface area is 118 Å². The third-order valence-corrected chi connectivity index (χ3v) is 4.08. The molecule has 0 bridgehead atoms. The normalized spacial score (nSPS) is 19.2. The minimum absolute atomic E-state index is 0.0833. The molecule has 1 amide bonds. The van der Waals surface area contributed by atoms with E-state index < -0.39 is 0 Å². The Hall–Kier alpha value is -1.87. The largest absolute Gasteiger partial charge is 0.396 e. The second-order valence-electron chi connectivity index (χ2n) is 5.47. The summed E-state index contributed by atoms with van der Waals surface area (Å²) in [5.74, 6) is 0.308. The number of fused-ring (bicyclic) bond motifs is 1. The first kappa shape index (κ1) is 13.1. The average molecular weight is 269 g/mol. The molecule has 1 aliphatic rings. The van der Waals surface area contributed by atoms with Crippen LogP contribution in [0, 0.1) is 5.92 Å². The molecule has 3 heteroatoms. The summed E-state index contributed by atoms with van der Waals surface area (Å²) in [5, 5.41) is 11.4. The molecule has 1 unspecified atom stereocenters. The first-order valence-electron chi connectivity index (χ1n) is 7.17. The quantitative estimate of drug-likeness (QED) is 0.910. The summed E-state index contributed by atoms with van der Waals surface area (Å²) in [7, 11) is 0. The van der Waals surface area contributed by atoms with Gasteiger partial charge < -0.3 is 10.0 Å². The monoisotopic (exact) mass is 269 g/mol. The fourth-order valence-corrected chi connectivity index (χ4v) is 2.98. The number of hydrogen-bond donors (Lipinski definition) is 1. The average Bonchev–Trinajstić information content (AvgIpc) is 2.53. The molecule has 1 atom stereocenters. The first-order chi connectivity index (χ1) is 9.79. The number of carbonyl (C=O) groups excluding carboxylic acids is 1. The highest BCUT2D eigenvalue weighted by atomic mass is 16.3. The van der Waals surface area contributed by atoms with Crippen LogP contribution in [-0.4, -0.2) is 35.6 Å². The van der Waals surface area contributed by atoms with E-state index in [-0.39, 0.29) is 18.4 Å². The van der Waals surface area contributed by atoms with Gasteiger partial charge >= 0.3 is 0 Å². The number of likely N-dealkylation sites (tertiary alicyclic amines) is 1. The number of amides is 1. The summed E-state index contributed by atoms with van der Waals surface area (Å²) in [4.78, 5) is 14.6. The molecular formula is C17H19NO2. The van der Waals surface area contributed by atoms with E-state index in [9.17, 15) is 9.90 Å². The van der Waals surface area contributed by atoms with Crippen LogP contribution in [0.1, 0.15) is 23.2 Å². The summed E-state index contributed by atoms with van der Waals surface area (Å²) >= 11 is 0. The van der Waals surface area contributed by atoms with Crippen LogP contribution in [0.3, 0.4) is 0 Å². The van der Waals surface area contributed by atoms with Gasteiger partial charge in [0.2, 0.25) is 0 Å². The molecule has 0 radical (unpaired) electrons. The molecule has 3 rings (SSSR count). The van der Waals surface area contributed by atoms with Crippen molar-refractivity contribution in [2.75, 3.05) is 19.7 Å². The Kier molecular flexibility index (Phi) is 3.70. The summed E-state index contributed by atoms with van der Waals surface area (Å²) in [6.07, 6.45) is 1.98. The van der Waals surface area contributed by atoms with Crippen LogP contribution in [0.25, 0.3) is 10.8 Å². The standard InChI is InChI=1S/C17H19NO2/c19-12-13-5-4-10-18(11-13)17(20)16-9-3-7-14-6-1-2-8-15(14)16/h1-3,6-9,13,19H,4-5,10-12H2. The molecule has 0 aliphatic carbocycles. The molecule has 1 heterocycles. The van der Waals surface area contributed by atoms with Gasteiger partial charge in [-0.25, -0.2) is 0 Å². The van der Waals surface area contributed by atoms with Crippen molar-refractivity contribution in [1.82, 2.24) is 4.90 Å². The maximum absolute atomic E-state index is 12.7. The van der Waals surface area contributed by atoms with Crippen LogP contribution in [-0.2, 0) is 0 Å². The van der Waals surface area contributed by atoms with E-state index in [1.807, 2.05) is 47.4 Å². The molecule has 1 aliphatic heterocycles. The summed E-state index contributed by atoms with van der Waals surface area (Å²) in [6, 6.07) is 13.8. The van der Waals surface area contributed by atoms with Crippen molar-refractivity contribution < 1.29 is 9.90 Å². The third-order valence-electron chi connectivity index (χ3n) is 4.08. The molecule has 2 aromatic rings. The van der Waals surface area contributed by atoms with Gasteiger partial charge in [0.1, 0.15) is 0 Å². The highest BCUT2D eigenvalue weighted by Gasteiger charge is 2.24. The fraction of sp³-hybridized carbons (Fsp3) is 0.353. The van der Waals surface area contributed by atoms with Crippen LogP contribution in [0.15, 0.2) is 42.5 Å². The minimum Gasteiger partial charge on any atom is -0.396 e. The second kappa shape index (κ2) is 5.63. The molecule has 1 fully saturated rings. The Morgan fingerprint density at radius 3 is 2.85 bits per heavy atom. The third kappa shape index (κ3) is 2.41. The number of carbonyl (C=O) groups is 1. The van der Waals surface area contributed by atoms with E-state index in [0.717, 1.165) is 35.7 Å². The number of nitrogens with zero attached hydrogens (tertiary/aromatic N) is 1. The van der Waals surface area contributed by atoms with Gasteiger partial charge in [0.25, 0.3) is 5.91 Å². The smallest absolute Gasteiger partial charge is 0.254 e. The number of aliphatic hydroxyl groups excluding tert-OH is 1.